The van der Waals surface area contributed by atoms with E-state index in [0.29, 0.717) is 0 Å². The van der Waals surface area contributed by atoms with Crippen LogP contribution < -0.4 is 16.0 Å². The number of hydrogen-bond donors (Lipinski definition) is 3. The first-order chi connectivity index (χ1) is 9.49. The molecule has 0 aliphatic carbocycles. The molecule has 2 rings (SSSR count). The maximum Gasteiger partial charge on any atom is 0.244 e. The summed E-state index contributed by atoms with van der Waals surface area (Å²) in [5, 5.41) is 8.89. The highest BCUT2D eigenvalue weighted by Crippen LogP contribution is 2.21. The van der Waals surface area contributed by atoms with Gasteiger partial charge in [-0.1, -0.05) is 0 Å². The van der Waals surface area contributed by atoms with Crippen molar-refractivity contribution in [2.24, 2.45) is 0 Å². The number of anilines is 2. The Morgan fingerprint density at radius 1 is 1.10 bits per heavy atom. The SMILES string of the molecule is CC(=O)Nc1ccc(NC(=O)C2(C)CCCCN2)cc1. The lowest BCUT2D eigenvalue weighted by molar-refractivity contribution is -0.122. The van der Waals surface area contributed by atoms with Crippen molar-refractivity contribution in [3.05, 3.63) is 24.3 Å². The van der Waals surface area contributed by atoms with Gasteiger partial charge in [-0.05, 0) is 57.0 Å². The van der Waals surface area contributed by atoms with Crippen LogP contribution in [0.3, 0.4) is 0 Å². The Labute approximate surface area is 119 Å². The fourth-order valence-corrected chi connectivity index (χ4v) is 2.36. The predicted molar refractivity (Wildman–Crippen MR) is 79.6 cm³/mol. The van der Waals surface area contributed by atoms with Gasteiger partial charge in [-0.3, -0.25) is 9.59 Å². The predicted octanol–water partition coefficient (Wildman–Crippen LogP) is 2.12. The Balaban J connectivity index is 1.98. The van der Waals surface area contributed by atoms with E-state index in [9.17, 15) is 9.59 Å². The molecule has 1 atom stereocenters. The van der Waals surface area contributed by atoms with Crippen molar-refractivity contribution in [2.75, 3.05) is 17.2 Å². The van der Waals surface area contributed by atoms with Crippen molar-refractivity contribution >= 4 is 23.2 Å². The highest BCUT2D eigenvalue weighted by molar-refractivity contribution is 5.98. The summed E-state index contributed by atoms with van der Waals surface area (Å²) in [7, 11) is 0. The Kier molecular flexibility index (Phi) is 4.39. The summed E-state index contributed by atoms with van der Waals surface area (Å²) in [5.41, 5.74) is 0.962. The van der Waals surface area contributed by atoms with Gasteiger partial charge < -0.3 is 16.0 Å². The average molecular weight is 275 g/mol. The normalized spacial score (nSPS) is 22.1. The molecule has 1 aliphatic heterocycles. The zero-order valence-electron chi connectivity index (χ0n) is 12.0. The second-order valence-corrected chi connectivity index (χ2v) is 5.43. The molecule has 1 saturated heterocycles. The molecule has 0 saturated carbocycles. The van der Waals surface area contributed by atoms with Crippen LogP contribution in [0, 0.1) is 0 Å². The van der Waals surface area contributed by atoms with E-state index in [0.717, 1.165) is 37.2 Å². The molecule has 20 heavy (non-hydrogen) atoms. The molecular formula is C15H21N3O2. The summed E-state index contributed by atoms with van der Waals surface area (Å²) in [6, 6.07) is 7.12. The van der Waals surface area contributed by atoms with Crippen LogP contribution in [-0.4, -0.2) is 23.9 Å². The van der Waals surface area contributed by atoms with Crippen molar-refractivity contribution in [1.82, 2.24) is 5.32 Å². The van der Waals surface area contributed by atoms with Crippen LogP contribution in [0.5, 0.6) is 0 Å². The number of hydrogen-bond acceptors (Lipinski definition) is 3. The smallest absolute Gasteiger partial charge is 0.244 e. The third kappa shape index (κ3) is 3.57. The standard InChI is InChI=1S/C15H21N3O2/c1-11(19)17-12-5-7-13(8-6-12)18-14(20)15(2)9-3-4-10-16-15/h5-8,16H,3-4,9-10H2,1-2H3,(H,17,19)(H,18,20). The molecule has 0 radical (unpaired) electrons. The summed E-state index contributed by atoms with van der Waals surface area (Å²) in [6.07, 6.45) is 3.04. The van der Waals surface area contributed by atoms with Crippen LogP contribution in [0.4, 0.5) is 11.4 Å². The van der Waals surface area contributed by atoms with E-state index in [-0.39, 0.29) is 11.8 Å². The Morgan fingerprint density at radius 2 is 1.70 bits per heavy atom. The number of carbonyl (C=O) groups is 2. The minimum atomic E-state index is -0.492. The van der Waals surface area contributed by atoms with E-state index in [4.69, 9.17) is 0 Å². The number of piperidine rings is 1. The van der Waals surface area contributed by atoms with Gasteiger partial charge in [-0.25, -0.2) is 0 Å². The highest BCUT2D eigenvalue weighted by atomic mass is 16.2. The van der Waals surface area contributed by atoms with Crippen molar-refractivity contribution in [3.63, 3.8) is 0 Å². The zero-order chi connectivity index (χ0) is 14.6. The summed E-state index contributed by atoms with van der Waals surface area (Å²) in [6.45, 7) is 4.28. The second kappa shape index (κ2) is 6.05. The molecule has 5 heteroatoms. The molecule has 3 N–H and O–H groups in total. The van der Waals surface area contributed by atoms with Gasteiger partial charge in [0.1, 0.15) is 0 Å². The van der Waals surface area contributed by atoms with Crippen LogP contribution in [0.15, 0.2) is 24.3 Å². The molecule has 5 nitrogen and oxygen atoms in total. The second-order valence-electron chi connectivity index (χ2n) is 5.43. The lowest BCUT2D eigenvalue weighted by atomic mass is 9.90. The molecule has 1 fully saturated rings. The van der Waals surface area contributed by atoms with Crippen molar-refractivity contribution in [3.8, 4) is 0 Å². The Morgan fingerprint density at radius 3 is 2.20 bits per heavy atom. The van der Waals surface area contributed by atoms with Crippen molar-refractivity contribution in [1.29, 1.82) is 0 Å². The average Bonchev–Trinajstić information content (AvgIpc) is 2.41. The topological polar surface area (TPSA) is 70.2 Å². The molecule has 0 aromatic heterocycles. The molecular weight excluding hydrogens is 254 g/mol. The van der Waals surface area contributed by atoms with Gasteiger partial charge in [0.25, 0.3) is 0 Å². The quantitative estimate of drug-likeness (QED) is 0.791. The van der Waals surface area contributed by atoms with Crippen LogP contribution in [0.2, 0.25) is 0 Å². The first kappa shape index (κ1) is 14.5. The number of benzene rings is 1. The zero-order valence-corrected chi connectivity index (χ0v) is 12.0. The summed E-state index contributed by atoms with van der Waals surface area (Å²) < 4.78 is 0. The number of rotatable bonds is 3. The largest absolute Gasteiger partial charge is 0.326 e. The Hall–Kier alpha value is -1.88. The minimum absolute atomic E-state index is 0.00974. The van der Waals surface area contributed by atoms with E-state index in [1.807, 2.05) is 6.92 Å². The molecule has 1 heterocycles. The molecule has 1 aromatic rings. The van der Waals surface area contributed by atoms with Gasteiger partial charge in [0.15, 0.2) is 0 Å². The van der Waals surface area contributed by atoms with Crippen molar-refractivity contribution in [2.45, 2.75) is 38.6 Å². The number of amides is 2. The maximum atomic E-state index is 12.3. The molecule has 2 amide bonds. The number of carbonyl (C=O) groups excluding carboxylic acids is 2. The molecule has 0 spiro atoms. The van der Waals surface area contributed by atoms with Crippen LogP contribution in [-0.2, 0) is 9.59 Å². The monoisotopic (exact) mass is 275 g/mol. The first-order valence-corrected chi connectivity index (χ1v) is 6.94. The van der Waals surface area contributed by atoms with Gasteiger partial charge >= 0.3 is 0 Å². The third-order valence-corrected chi connectivity index (χ3v) is 3.58. The lowest BCUT2D eigenvalue weighted by Crippen LogP contribution is -2.54. The van der Waals surface area contributed by atoms with Crippen LogP contribution in [0.25, 0.3) is 0 Å². The van der Waals surface area contributed by atoms with E-state index in [1.165, 1.54) is 6.92 Å². The molecule has 0 bridgehead atoms. The van der Waals surface area contributed by atoms with Gasteiger partial charge in [0.05, 0.1) is 5.54 Å². The van der Waals surface area contributed by atoms with E-state index < -0.39 is 5.54 Å². The maximum absolute atomic E-state index is 12.3. The van der Waals surface area contributed by atoms with Gasteiger partial charge in [0, 0.05) is 18.3 Å². The van der Waals surface area contributed by atoms with Gasteiger partial charge in [-0.15, -0.1) is 0 Å². The van der Waals surface area contributed by atoms with E-state index in [2.05, 4.69) is 16.0 Å². The summed E-state index contributed by atoms with van der Waals surface area (Å²) in [5.74, 6) is -0.120. The van der Waals surface area contributed by atoms with Crippen LogP contribution in [0.1, 0.15) is 33.1 Å². The van der Waals surface area contributed by atoms with Crippen molar-refractivity contribution < 1.29 is 9.59 Å². The fraction of sp³-hybridized carbons (Fsp3) is 0.467. The highest BCUT2D eigenvalue weighted by Gasteiger charge is 2.34. The van der Waals surface area contributed by atoms with Gasteiger partial charge in [0.2, 0.25) is 11.8 Å². The first-order valence-electron chi connectivity index (χ1n) is 6.94. The van der Waals surface area contributed by atoms with E-state index >= 15 is 0 Å². The third-order valence-electron chi connectivity index (χ3n) is 3.58. The molecule has 1 unspecified atom stereocenters. The molecule has 108 valence electrons. The van der Waals surface area contributed by atoms with Crippen LogP contribution >= 0.6 is 0 Å². The lowest BCUT2D eigenvalue weighted by Gasteiger charge is -2.33. The summed E-state index contributed by atoms with van der Waals surface area (Å²) >= 11 is 0. The summed E-state index contributed by atoms with van der Waals surface area (Å²) in [4.78, 5) is 23.2. The molecule has 1 aromatic carbocycles. The van der Waals surface area contributed by atoms with E-state index in [1.54, 1.807) is 24.3 Å². The van der Waals surface area contributed by atoms with Gasteiger partial charge in [-0.2, -0.15) is 0 Å². The molecule has 1 aliphatic rings. The fourth-order valence-electron chi connectivity index (χ4n) is 2.36. The minimum Gasteiger partial charge on any atom is -0.326 e. The Bertz CT molecular complexity index is 490. The number of nitrogens with one attached hydrogen (secondary N) is 3.